The first-order valence-electron chi connectivity index (χ1n) is 21.7. The summed E-state index contributed by atoms with van der Waals surface area (Å²) in [5.74, 6) is -4.08. The van der Waals surface area contributed by atoms with E-state index in [4.69, 9.17) is 39.9 Å². The zero-order valence-corrected chi connectivity index (χ0v) is 39.1. The summed E-state index contributed by atoms with van der Waals surface area (Å²) < 4.78 is 33.2. The molecule has 0 saturated heterocycles. The number of hydrogen-bond acceptors (Lipinski definition) is 16. The molecule has 2 atom stereocenters. The predicted molar refractivity (Wildman–Crippen MR) is 267 cm³/mol. The molecule has 2 aliphatic heterocycles. The third-order valence-corrected chi connectivity index (χ3v) is 11.5. The standard InChI is InChI=1S/C56H46N4O12/c1-67-47-24-31(8-16-39(47)61)12-20-43(65)53-45(22-14-33-10-18-41(63)49(26-33)69-3)71-55(59)37(29-57)51(53)35-6-5-7-36(28-35)52-38(30-58)56(60)72-46(23-15-34-11-19-42(64)50(27-34)70-4)54(52)44(66)21-13-32-9-17-40(62)48(25-32)68-2/h5-28,51-52,61-64H,59-60H2,1-4H3. The maximum absolute atomic E-state index is 14.8. The van der Waals surface area contributed by atoms with Gasteiger partial charge in [-0.05, 0) is 106 Å². The molecule has 5 aromatic carbocycles. The lowest BCUT2D eigenvalue weighted by Gasteiger charge is -2.29. The lowest BCUT2D eigenvalue weighted by atomic mass is 9.77. The molecule has 0 aromatic heterocycles. The molecule has 16 nitrogen and oxygen atoms in total. The van der Waals surface area contributed by atoms with E-state index >= 15 is 0 Å². The fourth-order valence-electron chi connectivity index (χ4n) is 7.97. The largest absolute Gasteiger partial charge is 0.504 e. The van der Waals surface area contributed by atoms with Crippen LogP contribution in [-0.2, 0) is 19.1 Å². The molecule has 7 rings (SSSR count). The molecule has 0 saturated carbocycles. The number of rotatable bonds is 16. The molecule has 0 fully saturated rings. The lowest BCUT2D eigenvalue weighted by Crippen LogP contribution is -2.25. The fraction of sp³-hybridized carbons (Fsp3) is 0.107. The molecule has 0 amide bonds. The number of carbonyl (C=O) groups is 2. The van der Waals surface area contributed by atoms with Crippen LogP contribution in [0.25, 0.3) is 24.3 Å². The molecular weight excluding hydrogens is 921 g/mol. The van der Waals surface area contributed by atoms with Crippen LogP contribution in [0.2, 0.25) is 0 Å². The topological polar surface area (TPSA) is 270 Å². The third-order valence-electron chi connectivity index (χ3n) is 11.5. The highest BCUT2D eigenvalue weighted by Gasteiger charge is 2.38. The first-order chi connectivity index (χ1) is 34.7. The predicted octanol–water partition coefficient (Wildman–Crippen LogP) is 8.66. The number of benzene rings is 5. The van der Waals surface area contributed by atoms with Gasteiger partial charge in [0, 0.05) is 0 Å². The molecule has 0 aliphatic carbocycles. The summed E-state index contributed by atoms with van der Waals surface area (Å²) in [5.41, 5.74) is 15.4. The van der Waals surface area contributed by atoms with Crippen molar-refractivity contribution in [1.29, 1.82) is 10.5 Å². The van der Waals surface area contributed by atoms with E-state index in [1.54, 1.807) is 72.8 Å². The number of carbonyl (C=O) groups excluding carboxylic acids is 2. The van der Waals surface area contributed by atoms with Crippen LogP contribution in [0, 0.1) is 22.7 Å². The van der Waals surface area contributed by atoms with Crippen molar-refractivity contribution in [1.82, 2.24) is 0 Å². The SMILES string of the molecule is COc1cc(C=CC(=O)C2=C(C=Cc3ccc(O)c(OC)c3)OC(N)=C(C#N)C2c2cccc(C3C(C#N)=C(N)OC(C=Cc4ccc(O)c(OC)c4)=C3C(=O)C=Cc3ccc(O)c(OC)c3)c2)ccc1O. The summed E-state index contributed by atoms with van der Waals surface area (Å²) >= 11 is 0. The van der Waals surface area contributed by atoms with Gasteiger partial charge in [-0.15, -0.1) is 0 Å². The Bertz CT molecular complexity index is 3130. The van der Waals surface area contributed by atoms with E-state index in [0.717, 1.165) is 0 Å². The Balaban J connectivity index is 1.42. The van der Waals surface area contributed by atoms with Crippen molar-refractivity contribution in [2.24, 2.45) is 11.5 Å². The van der Waals surface area contributed by atoms with Crippen molar-refractivity contribution in [2.45, 2.75) is 11.8 Å². The minimum Gasteiger partial charge on any atom is -0.504 e. The Hall–Kier alpha value is -10.1. The number of ketones is 2. The average Bonchev–Trinajstić information content (AvgIpc) is 3.39. The molecular formula is C56H46N4O12. The molecule has 16 heteroatoms. The molecule has 0 bridgehead atoms. The van der Waals surface area contributed by atoms with Crippen molar-refractivity contribution < 1.29 is 58.4 Å². The van der Waals surface area contributed by atoms with Crippen LogP contribution in [0.15, 0.2) is 167 Å². The summed E-state index contributed by atoms with van der Waals surface area (Å²) in [7, 11) is 5.56. The van der Waals surface area contributed by atoms with Crippen molar-refractivity contribution in [3.05, 3.63) is 200 Å². The smallest absolute Gasteiger partial charge is 0.205 e. The van der Waals surface area contributed by atoms with Gasteiger partial charge in [0.1, 0.15) is 34.8 Å². The molecule has 0 radical (unpaired) electrons. The van der Waals surface area contributed by atoms with Gasteiger partial charge in [0.25, 0.3) is 0 Å². The number of phenolic OH excluding ortho intramolecular Hbond substituents is 4. The van der Waals surface area contributed by atoms with Gasteiger partial charge in [0.15, 0.2) is 57.6 Å². The minimum absolute atomic E-state index is 0.0310. The number of hydrogen-bond donors (Lipinski definition) is 6. The van der Waals surface area contributed by atoms with E-state index in [-0.39, 0.29) is 91.6 Å². The summed E-state index contributed by atoms with van der Waals surface area (Å²) in [6.45, 7) is 0. The number of nitriles is 2. The number of aromatic hydroxyl groups is 4. The zero-order chi connectivity index (χ0) is 51.6. The minimum atomic E-state index is -1.22. The van der Waals surface area contributed by atoms with Gasteiger partial charge in [-0.2, -0.15) is 10.5 Å². The molecule has 8 N–H and O–H groups in total. The highest BCUT2D eigenvalue weighted by atomic mass is 16.5. The molecule has 362 valence electrons. The Morgan fingerprint density at radius 1 is 0.500 bits per heavy atom. The Morgan fingerprint density at radius 3 is 1.12 bits per heavy atom. The summed E-state index contributed by atoms with van der Waals surface area (Å²) in [5, 5.41) is 62.4. The van der Waals surface area contributed by atoms with E-state index in [9.17, 15) is 40.5 Å². The van der Waals surface area contributed by atoms with E-state index in [1.165, 1.54) is 101 Å². The second kappa shape index (κ2) is 21.9. The van der Waals surface area contributed by atoms with Crippen LogP contribution < -0.4 is 30.4 Å². The van der Waals surface area contributed by atoms with Gasteiger partial charge >= 0.3 is 0 Å². The van der Waals surface area contributed by atoms with Gasteiger partial charge in [0.05, 0.1) is 51.4 Å². The normalized spacial score (nSPS) is 16.0. The van der Waals surface area contributed by atoms with E-state index in [2.05, 4.69) is 12.1 Å². The Morgan fingerprint density at radius 2 is 0.819 bits per heavy atom. The molecule has 2 unspecified atom stereocenters. The molecule has 0 spiro atoms. The first kappa shape index (κ1) is 49.8. The van der Waals surface area contributed by atoms with Gasteiger partial charge in [-0.25, -0.2) is 0 Å². The van der Waals surface area contributed by atoms with Crippen LogP contribution >= 0.6 is 0 Å². The number of ether oxygens (including phenoxy) is 6. The zero-order valence-electron chi connectivity index (χ0n) is 39.1. The van der Waals surface area contributed by atoms with Gasteiger partial charge in [-0.3, -0.25) is 9.59 Å². The number of methoxy groups -OCH3 is 4. The third kappa shape index (κ3) is 10.6. The lowest BCUT2D eigenvalue weighted by molar-refractivity contribution is -0.112. The molecule has 2 aliphatic rings. The fourth-order valence-corrected chi connectivity index (χ4v) is 7.97. The maximum atomic E-state index is 14.8. The quantitative estimate of drug-likeness (QED) is 0.0505. The second-order valence-corrected chi connectivity index (χ2v) is 15.9. The van der Waals surface area contributed by atoms with Crippen molar-refractivity contribution >= 4 is 35.9 Å². The second-order valence-electron chi connectivity index (χ2n) is 15.9. The summed E-state index contributed by atoms with van der Waals surface area (Å²) in [6.07, 6.45) is 11.7. The summed E-state index contributed by atoms with van der Waals surface area (Å²) in [6, 6.07) is 29.0. The van der Waals surface area contributed by atoms with E-state index < -0.39 is 23.4 Å². The van der Waals surface area contributed by atoms with Crippen LogP contribution in [0.3, 0.4) is 0 Å². The number of phenols is 4. The summed E-state index contributed by atoms with van der Waals surface area (Å²) in [4.78, 5) is 29.5. The van der Waals surface area contributed by atoms with Gasteiger partial charge < -0.3 is 60.3 Å². The Labute approximate surface area is 413 Å². The highest BCUT2D eigenvalue weighted by Crippen LogP contribution is 2.45. The van der Waals surface area contributed by atoms with Crippen LogP contribution in [0.5, 0.6) is 46.0 Å². The van der Waals surface area contributed by atoms with Gasteiger partial charge in [-0.1, -0.05) is 72.8 Å². The van der Waals surface area contributed by atoms with E-state index in [1.807, 2.05) is 0 Å². The van der Waals surface area contributed by atoms with E-state index in [0.29, 0.717) is 33.4 Å². The van der Waals surface area contributed by atoms with Crippen LogP contribution in [0.4, 0.5) is 0 Å². The van der Waals surface area contributed by atoms with Crippen molar-refractivity contribution in [3.63, 3.8) is 0 Å². The van der Waals surface area contributed by atoms with Crippen LogP contribution in [0.1, 0.15) is 45.2 Å². The van der Waals surface area contributed by atoms with Crippen LogP contribution in [-0.4, -0.2) is 60.4 Å². The maximum Gasteiger partial charge on any atom is 0.205 e. The molecule has 2 heterocycles. The number of nitrogens with zero attached hydrogens (tertiary/aromatic N) is 2. The number of nitrogens with two attached hydrogens (primary N) is 2. The first-order valence-corrected chi connectivity index (χ1v) is 21.7. The number of allylic oxidation sites excluding steroid dienone is 8. The monoisotopic (exact) mass is 966 g/mol. The van der Waals surface area contributed by atoms with Crippen molar-refractivity contribution in [2.75, 3.05) is 28.4 Å². The Kier molecular flexibility index (Phi) is 15.2. The van der Waals surface area contributed by atoms with Gasteiger partial charge in [0.2, 0.25) is 11.8 Å². The molecule has 5 aromatic rings. The highest BCUT2D eigenvalue weighted by molar-refractivity contribution is 6.10. The average molecular weight is 967 g/mol. The van der Waals surface area contributed by atoms with Crippen molar-refractivity contribution in [3.8, 4) is 58.1 Å². The molecule has 72 heavy (non-hydrogen) atoms.